The third-order valence-corrected chi connectivity index (χ3v) is 5.02. The summed E-state index contributed by atoms with van der Waals surface area (Å²) in [6.07, 6.45) is 9.84. The Morgan fingerprint density at radius 3 is 1.72 bits per heavy atom. The number of anilines is 1. The number of rotatable bonds is 11. The van der Waals surface area contributed by atoms with E-state index in [1.807, 2.05) is 32.0 Å². The van der Waals surface area contributed by atoms with Crippen molar-refractivity contribution < 1.29 is 37.2 Å². The molecule has 216 valence electrons. The van der Waals surface area contributed by atoms with Crippen LogP contribution in [0, 0.1) is 24.0 Å². The van der Waals surface area contributed by atoms with E-state index < -0.39 is 10.9 Å². The zero-order valence-electron chi connectivity index (χ0n) is 22.6. The number of nitro groups is 1. The minimum atomic E-state index is -0.429. The molecular weight excluding hydrogens is 841 g/mol. The van der Waals surface area contributed by atoms with Gasteiger partial charge < -0.3 is 15.2 Å². The summed E-state index contributed by atoms with van der Waals surface area (Å²) in [5.74, 6) is -0.697. The molecule has 0 radical (unpaired) electrons. The molecule has 2 N–H and O–H groups in total. The number of nitrogens with two attached hydrogens (primary N) is 1. The minimum absolute atomic E-state index is 0.0719. The number of ether oxygens (including phenoxy) is 2. The predicted octanol–water partition coefficient (Wildman–Crippen LogP) is 4.97. The Labute approximate surface area is 260 Å². The normalized spacial score (nSPS) is 10.4. The fourth-order valence-electron chi connectivity index (χ4n) is 2.85. The number of carbonyl (C=O) groups excluding carboxylic acids is 2. The van der Waals surface area contributed by atoms with E-state index in [2.05, 4.69) is 44.2 Å². The summed E-state index contributed by atoms with van der Waals surface area (Å²) in [5.41, 5.74) is 9.79. The van der Waals surface area contributed by atoms with Crippen molar-refractivity contribution in [1.82, 2.24) is 0 Å². The number of benzene rings is 2. The van der Waals surface area contributed by atoms with E-state index in [-0.39, 0.29) is 11.7 Å². The molecule has 2 rings (SSSR count). The standard InChI is InChI=1S/C14H17NO4.C14H19NO2.I3/c1-3-4-9-19-14(16)8-6-12-5-7-13(15(17)18)11(2)10-12;1-3-4-9-17-14(16)8-6-12-5-7-13(15)11(2)10-12;1-3-2/h5-8,10H,3-4,9H2,1-2H3;5-8,10H,3-4,9,15H2,1-2H3;/q;;-1/b2*8-6+;. The Balaban J connectivity index is 0.000000676. The van der Waals surface area contributed by atoms with Gasteiger partial charge in [0.2, 0.25) is 0 Å². The summed E-state index contributed by atoms with van der Waals surface area (Å²) in [7, 11) is 0. The number of aryl methyl sites for hydroxylation is 2. The van der Waals surface area contributed by atoms with Gasteiger partial charge in [-0.15, -0.1) is 0 Å². The van der Waals surface area contributed by atoms with Crippen LogP contribution in [0.2, 0.25) is 0 Å². The van der Waals surface area contributed by atoms with E-state index in [0.717, 1.165) is 48.1 Å². The molecule has 0 aromatic heterocycles. The van der Waals surface area contributed by atoms with Crippen LogP contribution in [0.1, 0.15) is 61.8 Å². The molecule has 0 heterocycles. The van der Waals surface area contributed by atoms with Crippen LogP contribution in [-0.2, 0) is 19.1 Å². The van der Waals surface area contributed by atoms with Gasteiger partial charge in [-0.25, -0.2) is 9.59 Å². The fraction of sp³-hybridized carbons (Fsp3) is 0.357. The van der Waals surface area contributed by atoms with E-state index in [1.165, 1.54) is 18.2 Å². The Kier molecular flexibility index (Phi) is 22.0. The van der Waals surface area contributed by atoms with E-state index in [0.29, 0.717) is 32.0 Å². The average Bonchev–Trinajstić information content (AvgIpc) is 2.89. The van der Waals surface area contributed by atoms with Gasteiger partial charge in [0.15, 0.2) is 0 Å². The third-order valence-electron chi connectivity index (χ3n) is 5.02. The van der Waals surface area contributed by atoms with Gasteiger partial charge in [-0.2, -0.15) is 0 Å². The number of nitrogens with zero attached hydrogens (tertiary/aromatic N) is 1. The van der Waals surface area contributed by atoms with Crippen LogP contribution in [0.25, 0.3) is 12.2 Å². The van der Waals surface area contributed by atoms with Gasteiger partial charge in [-0.05, 0) is 79.8 Å². The molecule has 0 aliphatic rings. The number of hydrogen-bond donors (Lipinski definition) is 1. The zero-order chi connectivity index (χ0) is 29.6. The van der Waals surface area contributed by atoms with Gasteiger partial charge in [0.25, 0.3) is 5.69 Å². The molecule has 2 aromatic rings. The van der Waals surface area contributed by atoms with E-state index in [4.69, 9.17) is 15.2 Å². The summed E-state index contributed by atoms with van der Waals surface area (Å²) >= 11 is 5.30. The molecule has 0 atom stereocenters. The van der Waals surface area contributed by atoms with Crippen LogP contribution in [0.15, 0.2) is 48.6 Å². The van der Waals surface area contributed by atoms with Crippen LogP contribution in [0.4, 0.5) is 11.4 Å². The SMILES string of the molecule is CCCCOC(=O)/C=C/c1ccc(N)c(C)c1.CCCCOC(=O)/C=C/c1ccc([N+](=O)[O-])c(C)c1.I[I-]I. The molecule has 2 aromatic carbocycles. The summed E-state index contributed by atoms with van der Waals surface area (Å²) in [6, 6.07) is 10.3. The first-order valence-corrected chi connectivity index (χ1v) is 24.8. The summed E-state index contributed by atoms with van der Waals surface area (Å²) in [6.45, 7) is 8.57. The first kappa shape index (κ1) is 37.2. The second-order valence-corrected chi connectivity index (χ2v) is 24.4. The van der Waals surface area contributed by atoms with Crippen LogP contribution < -0.4 is 19.0 Å². The zero-order valence-corrected chi connectivity index (χ0v) is 29.1. The van der Waals surface area contributed by atoms with Crippen molar-refractivity contribution in [3.63, 3.8) is 0 Å². The van der Waals surface area contributed by atoms with Crippen molar-refractivity contribution in [1.29, 1.82) is 0 Å². The number of carbonyl (C=O) groups is 2. The van der Waals surface area contributed by atoms with Crippen molar-refractivity contribution in [2.75, 3.05) is 18.9 Å². The number of nitro benzene ring substituents is 1. The predicted molar refractivity (Wildman–Crippen MR) is 171 cm³/mol. The molecule has 0 amide bonds. The fourth-order valence-corrected chi connectivity index (χ4v) is 2.85. The molecule has 0 unspecified atom stereocenters. The second kappa shape index (κ2) is 23.0. The number of esters is 2. The quantitative estimate of drug-likeness (QED) is 0.0645. The van der Waals surface area contributed by atoms with Crippen molar-refractivity contribution in [2.45, 2.75) is 53.4 Å². The van der Waals surface area contributed by atoms with Crippen molar-refractivity contribution >= 4 is 72.7 Å². The van der Waals surface area contributed by atoms with Crippen molar-refractivity contribution in [3.05, 3.63) is 80.9 Å². The van der Waals surface area contributed by atoms with E-state index in [9.17, 15) is 19.7 Å². The topological polar surface area (TPSA) is 122 Å². The van der Waals surface area contributed by atoms with Crippen molar-refractivity contribution in [2.24, 2.45) is 0 Å². The summed E-state index contributed by atoms with van der Waals surface area (Å²) in [5, 5.41) is 10.7. The third kappa shape index (κ3) is 18.3. The maximum atomic E-state index is 11.3. The number of hydrogen-bond acceptors (Lipinski definition) is 7. The second-order valence-electron chi connectivity index (χ2n) is 8.18. The van der Waals surface area contributed by atoms with Crippen LogP contribution in [-0.4, -0.2) is 30.1 Å². The first-order valence-electron chi connectivity index (χ1n) is 12.3. The molecule has 0 bridgehead atoms. The summed E-state index contributed by atoms with van der Waals surface area (Å²) < 4.78 is 9.97. The Morgan fingerprint density at radius 2 is 1.33 bits per heavy atom. The molecule has 8 nitrogen and oxygen atoms in total. The monoisotopic (exact) mass is 877 g/mol. The van der Waals surface area contributed by atoms with E-state index in [1.54, 1.807) is 31.2 Å². The van der Waals surface area contributed by atoms with Crippen LogP contribution in [0.3, 0.4) is 0 Å². The van der Waals surface area contributed by atoms with Gasteiger partial charge in [0.05, 0.1) is 18.1 Å². The molecule has 0 aliphatic heterocycles. The molecule has 0 spiro atoms. The molecule has 39 heavy (non-hydrogen) atoms. The molecule has 11 heteroatoms. The number of halogens is 3. The Bertz CT molecular complexity index is 1110. The van der Waals surface area contributed by atoms with Gasteiger partial charge in [0.1, 0.15) is 0 Å². The Hall–Kier alpha value is -1.75. The molecular formula is C28H36I3N2O6-. The van der Waals surface area contributed by atoms with Gasteiger partial charge >= 0.3 is 62.4 Å². The van der Waals surface area contributed by atoms with Gasteiger partial charge in [-0.1, -0.05) is 32.8 Å². The Morgan fingerprint density at radius 1 is 0.897 bits per heavy atom. The van der Waals surface area contributed by atoms with E-state index >= 15 is 0 Å². The van der Waals surface area contributed by atoms with Crippen molar-refractivity contribution in [3.8, 4) is 0 Å². The van der Waals surface area contributed by atoms with Crippen LogP contribution in [0.5, 0.6) is 0 Å². The molecule has 0 fully saturated rings. The molecule has 0 aliphatic carbocycles. The molecule has 0 saturated carbocycles. The summed E-state index contributed by atoms with van der Waals surface area (Å²) in [4.78, 5) is 32.9. The van der Waals surface area contributed by atoms with Crippen LogP contribution >= 0.6 is 37.2 Å². The first-order chi connectivity index (χ1) is 18.6. The molecule has 0 saturated heterocycles. The number of nitrogen functional groups attached to an aromatic ring is 1. The maximum absolute atomic E-state index is 11.3. The number of unbranched alkanes of at least 4 members (excludes halogenated alkanes) is 2. The average molecular weight is 877 g/mol. The van der Waals surface area contributed by atoms with Gasteiger partial charge in [-0.3, -0.25) is 10.1 Å². The van der Waals surface area contributed by atoms with Gasteiger partial charge in [0, 0.05) is 29.5 Å².